The van der Waals surface area contributed by atoms with Crippen molar-refractivity contribution in [2.24, 2.45) is 5.92 Å². The van der Waals surface area contributed by atoms with E-state index in [0.29, 0.717) is 17.4 Å². The van der Waals surface area contributed by atoms with Crippen molar-refractivity contribution in [3.8, 4) is 0 Å². The summed E-state index contributed by atoms with van der Waals surface area (Å²) >= 11 is 7.51. The number of ether oxygens (including phenoxy) is 1. The van der Waals surface area contributed by atoms with Gasteiger partial charge in [0.2, 0.25) is 5.28 Å². The summed E-state index contributed by atoms with van der Waals surface area (Å²) in [7, 11) is 0. The molecule has 1 aliphatic rings. The van der Waals surface area contributed by atoms with Crippen LogP contribution >= 0.6 is 22.9 Å². The number of hydrogen-bond acceptors (Lipinski definition) is 7. The minimum absolute atomic E-state index is 0.216. The zero-order valence-corrected chi connectivity index (χ0v) is 17.3. The van der Waals surface area contributed by atoms with E-state index in [4.69, 9.17) is 16.3 Å². The number of halogens is 1. The molecule has 6 nitrogen and oxygen atoms in total. The summed E-state index contributed by atoms with van der Waals surface area (Å²) in [5.41, 5.74) is 0.878. The molecular weight excluding hydrogens is 372 g/mol. The number of piperazine rings is 1. The Balaban J connectivity index is 1.95. The quantitative estimate of drug-likeness (QED) is 0.568. The predicted octanol–water partition coefficient (Wildman–Crippen LogP) is 3.61. The summed E-state index contributed by atoms with van der Waals surface area (Å²) in [4.78, 5) is 27.3. The molecule has 142 valence electrons. The molecule has 0 bridgehead atoms. The van der Waals surface area contributed by atoms with E-state index in [1.165, 1.54) is 11.3 Å². The van der Waals surface area contributed by atoms with Gasteiger partial charge in [-0.05, 0) is 36.6 Å². The van der Waals surface area contributed by atoms with E-state index in [1.54, 1.807) is 0 Å². The summed E-state index contributed by atoms with van der Waals surface area (Å²) < 4.78 is 5.41. The van der Waals surface area contributed by atoms with E-state index in [9.17, 15) is 4.79 Å². The summed E-state index contributed by atoms with van der Waals surface area (Å²) in [5, 5.41) is 1.13. The van der Waals surface area contributed by atoms with Gasteiger partial charge in [-0.2, -0.15) is 4.98 Å². The topological polar surface area (TPSA) is 58.6 Å². The van der Waals surface area contributed by atoms with Crippen LogP contribution in [0.15, 0.2) is 0 Å². The average molecular weight is 397 g/mol. The van der Waals surface area contributed by atoms with Crippen LogP contribution in [-0.2, 0) is 4.74 Å². The smallest absolute Gasteiger partial charge is 0.348 e. The Kier molecular flexibility index (Phi) is 5.99. The predicted molar refractivity (Wildman–Crippen MR) is 107 cm³/mol. The van der Waals surface area contributed by atoms with Crippen LogP contribution in [0.1, 0.15) is 36.0 Å². The molecule has 1 aliphatic heterocycles. The number of aryl methyl sites for hydroxylation is 1. The Morgan fingerprint density at radius 2 is 1.96 bits per heavy atom. The molecule has 3 heterocycles. The van der Waals surface area contributed by atoms with Crippen molar-refractivity contribution < 1.29 is 9.53 Å². The highest BCUT2D eigenvalue weighted by Gasteiger charge is 2.25. The number of hydrogen-bond donors (Lipinski definition) is 0. The lowest BCUT2D eigenvalue weighted by atomic mass is 10.2. The van der Waals surface area contributed by atoms with Crippen LogP contribution in [0.25, 0.3) is 10.2 Å². The molecule has 0 amide bonds. The highest BCUT2D eigenvalue weighted by Crippen LogP contribution is 2.37. The highest BCUT2D eigenvalue weighted by molar-refractivity contribution is 7.20. The van der Waals surface area contributed by atoms with E-state index in [1.807, 2.05) is 20.8 Å². The maximum absolute atomic E-state index is 12.5. The molecule has 0 spiro atoms. The Labute approximate surface area is 163 Å². The Morgan fingerprint density at radius 3 is 2.58 bits per heavy atom. The van der Waals surface area contributed by atoms with Crippen LogP contribution in [0.5, 0.6) is 0 Å². The second kappa shape index (κ2) is 8.06. The minimum atomic E-state index is -0.294. The molecule has 1 fully saturated rings. The van der Waals surface area contributed by atoms with Crippen LogP contribution in [0.3, 0.4) is 0 Å². The fourth-order valence-corrected chi connectivity index (χ4v) is 4.38. The molecule has 8 heteroatoms. The zero-order valence-electron chi connectivity index (χ0n) is 15.7. The van der Waals surface area contributed by atoms with Gasteiger partial charge in [-0.1, -0.05) is 20.8 Å². The maximum atomic E-state index is 12.5. The van der Waals surface area contributed by atoms with Crippen molar-refractivity contribution in [3.63, 3.8) is 0 Å². The van der Waals surface area contributed by atoms with Gasteiger partial charge in [0.25, 0.3) is 0 Å². The van der Waals surface area contributed by atoms with Gasteiger partial charge < -0.3 is 14.5 Å². The number of esters is 1. The Morgan fingerprint density at radius 1 is 1.27 bits per heavy atom. The summed E-state index contributed by atoms with van der Waals surface area (Å²) in [6, 6.07) is 0. The minimum Gasteiger partial charge on any atom is -0.461 e. The lowest BCUT2D eigenvalue weighted by Crippen LogP contribution is -2.46. The number of fused-ring (bicyclic) bond motifs is 1. The van der Waals surface area contributed by atoms with Gasteiger partial charge in [0.1, 0.15) is 15.5 Å². The van der Waals surface area contributed by atoms with E-state index < -0.39 is 0 Å². The molecule has 0 atom stereocenters. The largest absolute Gasteiger partial charge is 0.461 e. The van der Waals surface area contributed by atoms with Crippen LogP contribution in [0.2, 0.25) is 5.28 Å². The molecule has 3 rings (SSSR count). The SMILES string of the molecule is CCN1CCN(c2nc(Cl)nc3sc(C(=O)OCC(C)C)c(C)c23)CC1. The fourth-order valence-electron chi connectivity index (χ4n) is 3.10. The van der Waals surface area contributed by atoms with Gasteiger partial charge in [-0.3, -0.25) is 0 Å². The summed E-state index contributed by atoms with van der Waals surface area (Å²) in [6.45, 7) is 13.4. The third-order valence-electron chi connectivity index (χ3n) is 4.60. The first-order valence-corrected chi connectivity index (χ1v) is 10.2. The lowest BCUT2D eigenvalue weighted by molar-refractivity contribution is 0.0464. The first-order valence-electron chi connectivity index (χ1n) is 9.01. The molecular formula is C18H25ClN4O2S. The molecule has 0 saturated carbocycles. The lowest BCUT2D eigenvalue weighted by Gasteiger charge is -2.35. The molecule has 2 aromatic heterocycles. The summed E-state index contributed by atoms with van der Waals surface area (Å²) in [5.74, 6) is 0.831. The molecule has 0 unspecified atom stereocenters. The molecule has 0 aliphatic carbocycles. The molecule has 0 N–H and O–H groups in total. The molecule has 1 saturated heterocycles. The highest BCUT2D eigenvalue weighted by atomic mass is 35.5. The number of aromatic nitrogens is 2. The van der Waals surface area contributed by atoms with Gasteiger partial charge in [0.05, 0.1) is 12.0 Å². The van der Waals surface area contributed by atoms with Crippen molar-refractivity contribution in [3.05, 3.63) is 15.7 Å². The van der Waals surface area contributed by atoms with Gasteiger partial charge >= 0.3 is 5.97 Å². The van der Waals surface area contributed by atoms with Crippen LogP contribution in [-0.4, -0.2) is 60.2 Å². The van der Waals surface area contributed by atoms with Crippen molar-refractivity contribution in [2.75, 3.05) is 44.2 Å². The van der Waals surface area contributed by atoms with Gasteiger partial charge in [-0.15, -0.1) is 11.3 Å². The first-order chi connectivity index (χ1) is 12.4. The van der Waals surface area contributed by atoms with Crippen LogP contribution < -0.4 is 4.90 Å². The molecule has 0 radical (unpaired) electrons. The van der Waals surface area contributed by atoms with E-state index in [0.717, 1.165) is 54.3 Å². The standard InChI is InChI=1S/C18H25ClN4O2S/c1-5-22-6-8-23(9-7-22)15-13-12(4)14(17(24)25-10-11(2)3)26-16(13)21-18(19)20-15/h11H,5-10H2,1-4H3. The van der Waals surface area contributed by atoms with E-state index >= 15 is 0 Å². The maximum Gasteiger partial charge on any atom is 0.348 e. The van der Waals surface area contributed by atoms with Crippen molar-refractivity contribution in [1.29, 1.82) is 0 Å². The van der Waals surface area contributed by atoms with E-state index in [-0.39, 0.29) is 11.3 Å². The number of rotatable bonds is 5. The van der Waals surface area contributed by atoms with Gasteiger partial charge in [0, 0.05) is 26.2 Å². The van der Waals surface area contributed by atoms with Crippen molar-refractivity contribution in [1.82, 2.24) is 14.9 Å². The summed E-state index contributed by atoms with van der Waals surface area (Å²) in [6.07, 6.45) is 0. The molecule has 26 heavy (non-hydrogen) atoms. The second-order valence-corrected chi connectivity index (χ2v) is 8.30. The normalized spacial score (nSPS) is 15.8. The third kappa shape index (κ3) is 3.94. The van der Waals surface area contributed by atoms with Crippen LogP contribution in [0, 0.1) is 12.8 Å². The Hall–Kier alpha value is -1.44. The van der Waals surface area contributed by atoms with Gasteiger partial charge in [-0.25, -0.2) is 9.78 Å². The second-order valence-electron chi connectivity index (χ2n) is 6.97. The fraction of sp³-hybridized carbons (Fsp3) is 0.611. The third-order valence-corrected chi connectivity index (χ3v) is 5.93. The van der Waals surface area contributed by atoms with Crippen molar-refractivity contribution in [2.45, 2.75) is 27.7 Å². The number of carbonyl (C=O) groups excluding carboxylic acids is 1. The monoisotopic (exact) mass is 396 g/mol. The number of nitrogens with zero attached hydrogens (tertiary/aromatic N) is 4. The van der Waals surface area contributed by atoms with Gasteiger partial charge in [0.15, 0.2) is 0 Å². The number of thiophene rings is 1. The average Bonchev–Trinajstić information content (AvgIpc) is 2.95. The van der Waals surface area contributed by atoms with Crippen molar-refractivity contribution >= 4 is 44.9 Å². The molecule has 2 aromatic rings. The molecule has 0 aromatic carbocycles. The van der Waals surface area contributed by atoms with E-state index in [2.05, 4.69) is 26.7 Å². The number of carbonyl (C=O) groups is 1. The zero-order chi connectivity index (χ0) is 18.8. The number of anilines is 1. The Bertz CT molecular complexity index is 800. The van der Waals surface area contributed by atoms with Crippen LogP contribution in [0.4, 0.5) is 5.82 Å². The number of likely N-dealkylation sites (N-methyl/N-ethyl adjacent to an activating group) is 1. The first kappa shape index (κ1) is 19.3.